The second-order valence-electron chi connectivity index (χ2n) is 9.16. The average Bonchev–Trinajstić information content (AvgIpc) is 3.58. The summed E-state index contributed by atoms with van der Waals surface area (Å²) < 4.78 is 24.9. The molecule has 1 saturated heterocycles. The van der Waals surface area contributed by atoms with Gasteiger partial charge in [0.25, 0.3) is 5.91 Å². The topological polar surface area (TPSA) is 107 Å². The molecule has 1 fully saturated rings. The first kappa shape index (κ1) is 28.1. The van der Waals surface area contributed by atoms with Gasteiger partial charge >= 0.3 is 6.03 Å². The quantitative estimate of drug-likeness (QED) is 0.146. The molecule has 9 nitrogen and oxygen atoms in total. The molecule has 3 N–H and O–H groups in total. The number of hydrogen-bond acceptors (Lipinski definition) is 7. The Labute approximate surface area is 243 Å². The second kappa shape index (κ2) is 12.4. The van der Waals surface area contributed by atoms with Crippen LogP contribution in [-0.2, 0) is 27.4 Å². The molecule has 0 radical (unpaired) electrons. The number of epoxide rings is 1. The van der Waals surface area contributed by atoms with Crippen molar-refractivity contribution in [3.05, 3.63) is 92.7 Å². The molecule has 206 valence electrons. The summed E-state index contributed by atoms with van der Waals surface area (Å²) in [4.78, 5) is 29.4. The number of carbonyl (C=O) groups excluding carboxylic acids is 2. The third kappa shape index (κ3) is 6.31. The molecule has 3 atom stereocenters. The van der Waals surface area contributed by atoms with E-state index in [1.165, 1.54) is 28.1 Å². The molecule has 2 aromatic rings. The number of thioether (sulfide) groups is 1. The summed E-state index contributed by atoms with van der Waals surface area (Å²) in [6.45, 7) is 1.74. The van der Waals surface area contributed by atoms with Crippen molar-refractivity contribution in [1.29, 1.82) is 0 Å². The van der Waals surface area contributed by atoms with Crippen molar-refractivity contribution >= 4 is 46.3 Å². The van der Waals surface area contributed by atoms with Crippen LogP contribution in [0, 0.1) is 5.82 Å². The van der Waals surface area contributed by atoms with Gasteiger partial charge in [0, 0.05) is 29.3 Å². The number of likely N-dealkylation sites (N-methyl/N-ethyl adjacent to an activating group) is 1. The highest BCUT2D eigenvalue weighted by molar-refractivity contribution is 14.1. The minimum absolute atomic E-state index is 0.103. The molecule has 0 saturated carbocycles. The van der Waals surface area contributed by atoms with Gasteiger partial charge in [-0.25, -0.2) is 9.18 Å². The van der Waals surface area contributed by atoms with Crippen LogP contribution < -0.4 is 10.6 Å². The minimum Gasteiger partial charge on any atom is -0.369 e. The first-order chi connectivity index (χ1) is 18.9. The number of nitrogens with one attached hydrogen (secondary N) is 2. The lowest BCUT2D eigenvalue weighted by atomic mass is 10.1. The van der Waals surface area contributed by atoms with Crippen molar-refractivity contribution in [2.45, 2.75) is 31.7 Å². The van der Waals surface area contributed by atoms with E-state index >= 15 is 0 Å². The summed E-state index contributed by atoms with van der Waals surface area (Å²) in [5, 5.41) is 17.5. The number of hydrogen-bond donors (Lipinski definition) is 3. The Bertz CT molecular complexity index is 1290. The highest BCUT2D eigenvalue weighted by Gasteiger charge is 2.43. The summed E-state index contributed by atoms with van der Waals surface area (Å²) in [6, 6.07) is 13.2. The van der Waals surface area contributed by atoms with E-state index in [9.17, 15) is 19.1 Å². The Morgan fingerprint density at radius 1 is 1.18 bits per heavy atom. The standard InChI is InChI=1S/C27H28FIN4O5S/c1-30-10-11-37-26-22(38-26)18-6-2-17(3-7-18)14-32-24(35)20(12-29)25-33(27(32)36)15-21(39-25)23(34)31-13-16-4-8-19(28)9-5-16/h2-9,15,22,24,26,30,35H,10-14H2,1H3,(H,31,34). The molecule has 12 heteroatoms. The van der Waals surface area contributed by atoms with Crippen LogP contribution >= 0.6 is 34.4 Å². The van der Waals surface area contributed by atoms with Gasteiger partial charge in [0.2, 0.25) is 0 Å². The van der Waals surface area contributed by atoms with E-state index in [2.05, 4.69) is 33.2 Å². The Morgan fingerprint density at radius 2 is 1.90 bits per heavy atom. The molecule has 2 aromatic carbocycles. The average molecular weight is 667 g/mol. The van der Waals surface area contributed by atoms with Crippen molar-refractivity contribution in [1.82, 2.24) is 20.4 Å². The number of ether oxygens (including phenoxy) is 2. The molecule has 3 heterocycles. The number of aliphatic hydroxyl groups excluding tert-OH is 1. The molecule has 0 bridgehead atoms. The van der Waals surface area contributed by atoms with Crippen LogP contribution in [0.3, 0.4) is 0 Å². The Balaban J connectivity index is 1.23. The van der Waals surface area contributed by atoms with Gasteiger partial charge < -0.3 is 25.2 Å². The fraction of sp³-hybridized carbons (Fsp3) is 0.333. The summed E-state index contributed by atoms with van der Waals surface area (Å²) in [5.74, 6) is -0.693. The fourth-order valence-electron chi connectivity index (χ4n) is 4.26. The number of carbonyl (C=O) groups is 2. The number of alkyl halides is 1. The normalized spacial score (nSPS) is 22.2. The fourth-order valence-corrected chi connectivity index (χ4v) is 6.35. The molecule has 3 aliphatic heterocycles. The van der Waals surface area contributed by atoms with Gasteiger partial charge in [-0.3, -0.25) is 14.6 Å². The predicted octanol–water partition coefficient (Wildman–Crippen LogP) is 3.57. The van der Waals surface area contributed by atoms with E-state index in [0.29, 0.717) is 26.5 Å². The van der Waals surface area contributed by atoms with Crippen molar-refractivity contribution in [2.24, 2.45) is 0 Å². The van der Waals surface area contributed by atoms with E-state index in [0.717, 1.165) is 35.0 Å². The zero-order chi connectivity index (χ0) is 27.5. The number of nitrogens with zero attached hydrogens (tertiary/aromatic N) is 2. The lowest BCUT2D eigenvalue weighted by Gasteiger charge is -2.38. The zero-order valence-corrected chi connectivity index (χ0v) is 24.1. The largest absolute Gasteiger partial charge is 0.369 e. The van der Waals surface area contributed by atoms with Crippen LogP contribution in [0.4, 0.5) is 9.18 Å². The minimum atomic E-state index is -1.11. The first-order valence-corrected chi connectivity index (χ1v) is 14.7. The number of urea groups is 1. The Kier molecular flexibility index (Phi) is 8.89. The van der Waals surface area contributed by atoms with Crippen molar-refractivity contribution < 1.29 is 28.6 Å². The number of rotatable bonds is 11. The van der Waals surface area contributed by atoms with Crippen molar-refractivity contribution in [3.8, 4) is 0 Å². The van der Waals surface area contributed by atoms with Gasteiger partial charge in [-0.15, -0.1) is 0 Å². The lowest BCUT2D eigenvalue weighted by molar-refractivity contribution is -0.117. The van der Waals surface area contributed by atoms with Gasteiger partial charge in [0.1, 0.15) is 11.9 Å². The predicted molar refractivity (Wildman–Crippen MR) is 153 cm³/mol. The molecule has 5 rings (SSSR count). The maximum absolute atomic E-state index is 13.4. The molecule has 3 unspecified atom stereocenters. The Hall–Kier alpha value is -2.49. The van der Waals surface area contributed by atoms with E-state index in [-0.39, 0.29) is 37.2 Å². The SMILES string of the molecule is CNCCOC1OC1c1ccc(CN2C(=O)N3C=C(C(=O)NCc4ccc(F)cc4)SC3=C(CI)C2O)cc1. The van der Waals surface area contributed by atoms with E-state index in [1.54, 1.807) is 12.1 Å². The van der Waals surface area contributed by atoms with Crippen LogP contribution in [0.1, 0.15) is 22.8 Å². The number of amides is 3. The molecule has 0 spiro atoms. The maximum Gasteiger partial charge on any atom is 0.331 e. The molecular formula is C27H28FIN4O5S. The van der Waals surface area contributed by atoms with Gasteiger partial charge in [0.05, 0.1) is 23.1 Å². The van der Waals surface area contributed by atoms with E-state index in [4.69, 9.17) is 9.47 Å². The van der Waals surface area contributed by atoms with Crippen LogP contribution in [0.15, 0.2) is 70.2 Å². The van der Waals surface area contributed by atoms with Crippen LogP contribution in [0.25, 0.3) is 0 Å². The van der Waals surface area contributed by atoms with Crippen LogP contribution in [-0.4, -0.2) is 64.0 Å². The number of aliphatic hydroxyl groups is 1. The van der Waals surface area contributed by atoms with Crippen molar-refractivity contribution in [3.63, 3.8) is 0 Å². The van der Waals surface area contributed by atoms with Crippen LogP contribution in [0.2, 0.25) is 0 Å². The highest BCUT2D eigenvalue weighted by atomic mass is 127. The number of fused-ring (bicyclic) bond motifs is 1. The first-order valence-electron chi connectivity index (χ1n) is 12.4. The lowest BCUT2D eigenvalue weighted by Crippen LogP contribution is -2.50. The summed E-state index contributed by atoms with van der Waals surface area (Å²) >= 11 is 3.31. The Morgan fingerprint density at radius 3 is 2.59 bits per heavy atom. The smallest absolute Gasteiger partial charge is 0.331 e. The van der Waals surface area contributed by atoms with E-state index < -0.39 is 12.3 Å². The monoisotopic (exact) mass is 666 g/mol. The number of halogens is 2. The molecular weight excluding hydrogens is 638 g/mol. The zero-order valence-electron chi connectivity index (χ0n) is 21.1. The van der Waals surface area contributed by atoms with Crippen molar-refractivity contribution in [2.75, 3.05) is 24.6 Å². The number of benzene rings is 2. The van der Waals surface area contributed by atoms with Crippen LogP contribution in [0.5, 0.6) is 0 Å². The van der Waals surface area contributed by atoms with Gasteiger partial charge in [-0.05, 0) is 35.9 Å². The third-order valence-corrected chi connectivity index (χ3v) is 8.47. The second-order valence-corrected chi connectivity index (χ2v) is 11.0. The van der Waals surface area contributed by atoms with Gasteiger partial charge in [-0.1, -0.05) is 70.8 Å². The summed E-state index contributed by atoms with van der Waals surface area (Å²) in [5.41, 5.74) is 3.25. The molecule has 0 aromatic heterocycles. The van der Waals surface area contributed by atoms with E-state index in [1.807, 2.05) is 31.3 Å². The molecule has 3 aliphatic rings. The summed E-state index contributed by atoms with van der Waals surface area (Å²) in [7, 11) is 1.86. The highest BCUT2D eigenvalue weighted by Crippen LogP contribution is 2.44. The van der Waals surface area contributed by atoms with Gasteiger partial charge in [0.15, 0.2) is 12.5 Å². The molecule has 0 aliphatic carbocycles. The molecule has 39 heavy (non-hydrogen) atoms. The maximum atomic E-state index is 13.4. The molecule has 3 amide bonds. The van der Waals surface area contributed by atoms with Gasteiger partial charge in [-0.2, -0.15) is 0 Å². The third-order valence-electron chi connectivity index (χ3n) is 6.49. The summed E-state index contributed by atoms with van der Waals surface area (Å²) in [6.07, 6.45) is 0.0501.